The van der Waals surface area contributed by atoms with Gasteiger partial charge in [0.2, 0.25) is 0 Å². The van der Waals surface area contributed by atoms with Gasteiger partial charge in [0.25, 0.3) is 5.91 Å². The van der Waals surface area contributed by atoms with E-state index in [2.05, 4.69) is 10.4 Å². The van der Waals surface area contributed by atoms with E-state index >= 15 is 0 Å². The molecule has 6 heteroatoms. The molecule has 88 valence electrons. The molecule has 1 aromatic rings. The zero-order chi connectivity index (χ0) is 12.0. The molecule has 1 aromatic heterocycles. The summed E-state index contributed by atoms with van der Waals surface area (Å²) in [5, 5.41) is 8.83. The zero-order valence-electron chi connectivity index (χ0n) is 9.18. The van der Waals surface area contributed by atoms with Gasteiger partial charge in [0.15, 0.2) is 0 Å². The van der Waals surface area contributed by atoms with Gasteiger partial charge < -0.3 is 15.4 Å². The van der Waals surface area contributed by atoms with Crippen molar-refractivity contribution in [3.05, 3.63) is 23.9 Å². The Balaban J connectivity index is 2.85. The Hall–Kier alpha value is -1.66. The number of hydrogen-bond acceptors (Lipinski definition) is 5. The number of aliphatic hydroxyl groups excluding tert-OH is 1. The highest BCUT2D eigenvalue weighted by molar-refractivity contribution is 5.94. The molecule has 0 bridgehead atoms. The minimum absolute atomic E-state index is 0.0489. The third-order valence-electron chi connectivity index (χ3n) is 2.19. The van der Waals surface area contributed by atoms with Crippen LogP contribution < -0.4 is 11.3 Å². The third-order valence-corrected chi connectivity index (χ3v) is 2.19. The Morgan fingerprint density at radius 1 is 1.69 bits per heavy atom. The molecule has 0 aliphatic carbocycles. The normalized spacial score (nSPS) is 9.94. The average molecular weight is 224 g/mol. The number of aromatic nitrogens is 1. The third kappa shape index (κ3) is 2.91. The Morgan fingerprint density at radius 3 is 3.00 bits per heavy atom. The van der Waals surface area contributed by atoms with Crippen molar-refractivity contribution in [3.8, 4) is 0 Å². The second-order valence-corrected chi connectivity index (χ2v) is 3.18. The quantitative estimate of drug-likeness (QED) is 0.477. The number of anilines is 1. The maximum atomic E-state index is 12.0. The number of nitrogens with zero attached hydrogens (tertiary/aromatic N) is 2. The molecule has 1 rings (SSSR count). The van der Waals surface area contributed by atoms with Crippen LogP contribution in [0.15, 0.2) is 18.3 Å². The van der Waals surface area contributed by atoms with E-state index in [4.69, 9.17) is 10.9 Å². The van der Waals surface area contributed by atoms with E-state index < -0.39 is 0 Å². The SMILES string of the molecule is CCN(CCO)C(=O)c1ccnc(NN)c1. The van der Waals surface area contributed by atoms with Crippen LogP contribution in [0.4, 0.5) is 5.82 Å². The molecule has 16 heavy (non-hydrogen) atoms. The molecule has 0 unspecified atom stereocenters. The molecule has 1 heterocycles. The summed E-state index contributed by atoms with van der Waals surface area (Å²) in [6.07, 6.45) is 1.51. The van der Waals surface area contributed by atoms with Crippen molar-refractivity contribution in [2.75, 3.05) is 25.1 Å². The molecule has 0 spiro atoms. The van der Waals surface area contributed by atoms with E-state index in [1.165, 1.54) is 6.20 Å². The molecule has 6 nitrogen and oxygen atoms in total. The van der Waals surface area contributed by atoms with Gasteiger partial charge in [-0.3, -0.25) is 4.79 Å². The van der Waals surface area contributed by atoms with Gasteiger partial charge in [-0.05, 0) is 19.1 Å². The van der Waals surface area contributed by atoms with Crippen LogP contribution in [0.2, 0.25) is 0 Å². The van der Waals surface area contributed by atoms with Crippen molar-refractivity contribution in [2.45, 2.75) is 6.92 Å². The van der Waals surface area contributed by atoms with Crippen LogP contribution >= 0.6 is 0 Å². The molecule has 0 aliphatic rings. The van der Waals surface area contributed by atoms with Gasteiger partial charge in [0.05, 0.1) is 6.61 Å². The molecular formula is C10H16N4O2. The largest absolute Gasteiger partial charge is 0.395 e. The summed E-state index contributed by atoms with van der Waals surface area (Å²) in [7, 11) is 0. The van der Waals surface area contributed by atoms with Gasteiger partial charge in [-0.15, -0.1) is 0 Å². The number of aliphatic hydroxyl groups is 1. The highest BCUT2D eigenvalue weighted by Gasteiger charge is 2.13. The summed E-state index contributed by atoms with van der Waals surface area (Å²) in [5.41, 5.74) is 2.88. The Morgan fingerprint density at radius 2 is 2.44 bits per heavy atom. The predicted molar refractivity (Wildman–Crippen MR) is 60.7 cm³/mol. The summed E-state index contributed by atoms with van der Waals surface area (Å²) < 4.78 is 0. The number of nitrogen functional groups attached to an aromatic ring is 1. The van der Waals surface area contributed by atoms with E-state index in [1.807, 2.05) is 6.92 Å². The van der Waals surface area contributed by atoms with Crippen LogP contribution in [-0.2, 0) is 0 Å². The minimum Gasteiger partial charge on any atom is -0.395 e. The number of pyridine rings is 1. The van der Waals surface area contributed by atoms with Gasteiger partial charge in [-0.25, -0.2) is 10.8 Å². The number of rotatable bonds is 5. The van der Waals surface area contributed by atoms with Crippen molar-refractivity contribution >= 4 is 11.7 Å². The fourth-order valence-corrected chi connectivity index (χ4v) is 1.35. The number of hydrogen-bond donors (Lipinski definition) is 3. The van der Waals surface area contributed by atoms with Crippen LogP contribution in [0, 0.1) is 0 Å². The molecule has 0 saturated carbocycles. The number of nitrogens with two attached hydrogens (primary N) is 1. The summed E-state index contributed by atoms with van der Waals surface area (Å²) in [6.45, 7) is 2.68. The van der Waals surface area contributed by atoms with E-state index in [-0.39, 0.29) is 12.5 Å². The summed E-state index contributed by atoms with van der Waals surface area (Å²) in [6, 6.07) is 3.19. The van der Waals surface area contributed by atoms with Gasteiger partial charge >= 0.3 is 0 Å². The minimum atomic E-state index is -0.143. The van der Waals surface area contributed by atoms with Gasteiger partial charge in [-0.1, -0.05) is 0 Å². The Bertz CT molecular complexity index is 356. The predicted octanol–water partition coefficient (Wildman–Crippen LogP) is -0.178. The van der Waals surface area contributed by atoms with E-state index in [9.17, 15) is 4.79 Å². The number of carbonyl (C=O) groups is 1. The molecule has 0 saturated heterocycles. The maximum absolute atomic E-state index is 12.0. The van der Waals surface area contributed by atoms with Crippen molar-refractivity contribution in [1.29, 1.82) is 0 Å². The second-order valence-electron chi connectivity index (χ2n) is 3.18. The number of carbonyl (C=O) groups excluding carboxylic acids is 1. The smallest absolute Gasteiger partial charge is 0.254 e. The first-order chi connectivity index (χ1) is 7.72. The lowest BCUT2D eigenvalue weighted by molar-refractivity contribution is 0.0732. The molecular weight excluding hydrogens is 208 g/mol. The lowest BCUT2D eigenvalue weighted by Crippen LogP contribution is -2.33. The first-order valence-electron chi connectivity index (χ1n) is 5.05. The van der Waals surface area contributed by atoms with Gasteiger partial charge in [-0.2, -0.15) is 0 Å². The Kier molecular flexibility index (Phi) is 4.68. The maximum Gasteiger partial charge on any atom is 0.254 e. The highest BCUT2D eigenvalue weighted by Crippen LogP contribution is 2.08. The van der Waals surface area contributed by atoms with Crippen molar-refractivity contribution < 1.29 is 9.90 Å². The molecule has 4 N–H and O–H groups in total. The van der Waals surface area contributed by atoms with Crippen molar-refractivity contribution in [3.63, 3.8) is 0 Å². The molecule has 0 radical (unpaired) electrons. The molecule has 0 aliphatic heterocycles. The Labute approximate surface area is 94.1 Å². The van der Waals surface area contributed by atoms with Crippen LogP contribution in [0.3, 0.4) is 0 Å². The lowest BCUT2D eigenvalue weighted by Gasteiger charge is -2.19. The van der Waals surface area contributed by atoms with E-state index in [0.29, 0.717) is 24.5 Å². The first-order valence-corrected chi connectivity index (χ1v) is 5.05. The number of amides is 1. The van der Waals surface area contributed by atoms with E-state index in [1.54, 1.807) is 17.0 Å². The van der Waals surface area contributed by atoms with Crippen LogP contribution in [0.5, 0.6) is 0 Å². The number of likely N-dealkylation sites (N-methyl/N-ethyl adjacent to an activating group) is 1. The van der Waals surface area contributed by atoms with Crippen LogP contribution in [0.1, 0.15) is 17.3 Å². The fraction of sp³-hybridized carbons (Fsp3) is 0.400. The van der Waals surface area contributed by atoms with Crippen molar-refractivity contribution in [1.82, 2.24) is 9.88 Å². The number of nitrogens with one attached hydrogen (secondary N) is 1. The van der Waals surface area contributed by atoms with Crippen molar-refractivity contribution in [2.24, 2.45) is 5.84 Å². The molecule has 0 fully saturated rings. The second kappa shape index (κ2) is 6.04. The fourth-order valence-electron chi connectivity index (χ4n) is 1.35. The van der Waals surface area contributed by atoms with Crippen LogP contribution in [-0.4, -0.2) is 40.6 Å². The highest BCUT2D eigenvalue weighted by atomic mass is 16.3. The standard InChI is InChI=1S/C10H16N4O2/c1-2-14(5-6-15)10(16)8-3-4-12-9(7-8)13-11/h3-4,7,15H,2,5-6,11H2,1H3,(H,12,13). The molecule has 1 amide bonds. The summed E-state index contributed by atoms with van der Waals surface area (Å²) in [5.74, 6) is 5.50. The van der Waals surface area contributed by atoms with Crippen LogP contribution in [0.25, 0.3) is 0 Å². The number of hydrazine groups is 1. The monoisotopic (exact) mass is 224 g/mol. The average Bonchev–Trinajstić information content (AvgIpc) is 2.35. The zero-order valence-corrected chi connectivity index (χ0v) is 9.18. The first kappa shape index (κ1) is 12.4. The molecule has 0 aromatic carbocycles. The van der Waals surface area contributed by atoms with Gasteiger partial charge in [0.1, 0.15) is 5.82 Å². The van der Waals surface area contributed by atoms with E-state index in [0.717, 1.165) is 0 Å². The summed E-state index contributed by atoms with van der Waals surface area (Å²) >= 11 is 0. The van der Waals surface area contributed by atoms with Gasteiger partial charge in [0, 0.05) is 24.8 Å². The summed E-state index contributed by atoms with van der Waals surface area (Å²) in [4.78, 5) is 17.4. The topological polar surface area (TPSA) is 91.5 Å². The molecule has 0 atom stereocenters. The lowest BCUT2D eigenvalue weighted by atomic mass is 10.2.